The maximum atomic E-state index is 11.8. The van der Waals surface area contributed by atoms with Gasteiger partial charge < -0.3 is 4.90 Å². The standard InChI is InChI=1S/C24H22ClN5O2S/c1-3-29(23-21-12-9-18(25)14-22(21)30(15-26)24(27)28-23)19-6-4-5-17(13-19)16-7-10-20(11-8-16)33(2,31)32/h4-15,26-27H,3H2,1-2H3. The van der Waals surface area contributed by atoms with Crippen LogP contribution in [0.5, 0.6) is 0 Å². The van der Waals surface area contributed by atoms with E-state index in [9.17, 15) is 8.42 Å². The lowest BCUT2D eigenvalue weighted by molar-refractivity contribution is 0.602. The smallest absolute Gasteiger partial charge is 0.229 e. The summed E-state index contributed by atoms with van der Waals surface area (Å²) >= 11 is 6.19. The third-order valence-electron chi connectivity index (χ3n) is 5.37. The molecule has 0 saturated heterocycles. The van der Waals surface area contributed by atoms with Gasteiger partial charge in [-0.05, 0) is 60.5 Å². The van der Waals surface area contributed by atoms with Crippen LogP contribution in [0.1, 0.15) is 6.92 Å². The van der Waals surface area contributed by atoms with E-state index in [0.717, 1.165) is 28.5 Å². The second kappa shape index (κ2) is 8.80. The summed E-state index contributed by atoms with van der Waals surface area (Å²) in [5, 5.41) is 17.3. The number of nitrogens with zero attached hydrogens (tertiary/aromatic N) is 3. The van der Waals surface area contributed by atoms with E-state index in [1.165, 1.54) is 10.8 Å². The molecule has 4 aromatic rings. The van der Waals surface area contributed by atoms with Gasteiger partial charge in [0.2, 0.25) is 5.62 Å². The summed E-state index contributed by atoms with van der Waals surface area (Å²) < 4.78 is 24.9. The predicted octanol–water partition coefficient (Wildman–Crippen LogP) is 4.85. The van der Waals surface area contributed by atoms with Crippen LogP contribution in [0.3, 0.4) is 0 Å². The lowest BCUT2D eigenvalue weighted by Gasteiger charge is -2.25. The zero-order valence-electron chi connectivity index (χ0n) is 18.1. The average Bonchev–Trinajstić information content (AvgIpc) is 2.79. The van der Waals surface area contributed by atoms with Gasteiger partial charge in [0.05, 0.1) is 16.8 Å². The molecule has 0 spiro atoms. The summed E-state index contributed by atoms with van der Waals surface area (Å²) in [6.07, 6.45) is 2.24. The minimum Gasteiger partial charge on any atom is -0.326 e. The molecule has 0 aliphatic heterocycles. The Morgan fingerprint density at radius 2 is 1.79 bits per heavy atom. The summed E-state index contributed by atoms with van der Waals surface area (Å²) in [5.74, 6) is 0.594. The molecule has 168 valence electrons. The van der Waals surface area contributed by atoms with Crippen LogP contribution < -0.4 is 10.5 Å². The molecule has 0 fully saturated rings. The maximum absolute atomic E-state index is 11.8. The van der Waals surface area contributed by atoms with Crippen LogP contribution in [0.4, 0.5) is 11.5 Å². The first-order chi connectivity index (χ1) is 15.7. The van der Waals surface area contributed by atoms with Crippen molar-refractivity contribution in [3.8, 4) is 11.1 Å². The van der Waals surface area contributed by atoms with Gasteiger partial charge in [-0.3, -0.25) is 15.4 Å². The quantitative estimate of drug-likeness (QED) is 0.304. The molecule has 1 aromatic heterocycles. The Morgan fingerprint density at radius 1 is 1.06 bits per heavy atom. The van der Waals surface area contributed by atoms with Crippen LogP contribution in [0.15, 0.2) is 71.6 Å². The Labute approximate surface area is 196 Å². The van der Waals surface area contributed by atoms with Gasteiger partial charge in [0.25, 0.3) is 0 Å². The second-order valence-corrected chi connectivity index (χ2v) is 9.96. The third-order valence-corrected chi connectivity index (χ3v) is 6.74. The molecular formula is C24H22ClN5O2S. The monoisotopic (exact) mass is 479 g/mol. The van der Waals surface area contributed by atoms with E-state index in [-0.39, 0.29) is 10.5 Å². The van der Waals surface area contributed by atoms with Crippen molar-refractivity contribution in [1.82, 2.24) is 9.55 Å². The Morgan fingerprint density at radius 3 is 2.42 bits per heavy atom. The number of aromatic nitrogens is 2. The van der Waals surface area contributed by atoms with Gasteiger partial charge in [-0.1, -0.05) is 35.9 Å². The van der Waals surface area contributed by atoms with E-state index in [0.29, 0.717) is 22.9 Å². The summed E-state index contributed by atoms with van der Waals surface area (Å²) in [5.41, 5.74) is 3.24. The highest BCUT2D eigenvalue weighted by molar-refractivity contribution is 7.90. The lowest BCUT2D eigenvalue weighted by atomic mass is 10.0. The van der Waals surface area contributed by atoms with Crippen LogP contribution >= 0.6 is 11.6 Å². The number of rotatable bonds is 6. The fourth-order valence-corrected chi connectivity index (χ4v) is 4.56. The van der Waals surface area contributed by atoms with Gasteiger partial charge in [-0.15, -0.1) is 0 Å². The van der Waals surface area contributed by atoms with E-state index in [2.05, 4.69) is 4.98 Å². The van der Waals surface area contributed by atoms with Crippen molar-refractivity contribution in [3.63, 3.8) is 0 Å². The Balaban J connectivity index is 1.84. The molecule has 0 atom stereocenters. The van der Waals surface area contributed by atoms with Crippen LogP contribution in [-0.2, 0) is 9.84 Å². The number of nitrogens with one attached hydrogen (secondary N) is 2. The van der Waals surface area contributed by atoms with Gasteiger partial charge >= 0.3 is 0 Å². The van der Waals surface area contributed by atoms with Gasteiger partial charge in [-0.25, -0.2) is 8.42 Å². The highest BCUT2D eigenvalue weighted by Crippen LogP contribution is 2.33. The molecule has 0 saturated carbocycles. The van der Waals surface area contributed by atoms with Crippen LogP contribution in [0.2, 0.25) is 5.02 Å². The minimum absolute atomic E-state index is 0.0688. The van der Waals surface area contributed by atoms with Crippen LogP contribution in [0, 0.1) is 10.8 Å². The van der Waals surface area contributed by atoms with Crippen molar-refractivity contribution in [1.29, 1.82) is 10.8 Å². The normalized spacial score (nSPS) is 11.5. The average molecular weight is 480 g/mol. The fraction of sp³-hybridized carbons (Fsp3) is 0.125. The van der Waals surface area contributed by atoms with Crippen molar-refractivity contribution < 1.29 is 8.42 Å². The van der Waals surface area contributed by atoms with Gasteiger partial charge in [0.15, 0.2) is 9.84 Å². The zero-order valence-corrected chi connectivity index (χ0v) is 19.7. The molecule has 3 aromatic carbocycles. The molecule has 2 N–H and O–H groups in total. The SMILES string of the molecule is CCN(c1cccc(-c2ccc(S(C)(=O)=O)cc2)c1)c1nc(=N)n(C=N)c2cc(Cl)ccc12. The Bertz CT molecular complexity index is 1530. The van der Waals surface area contributed by atoms with Crippen LogP contribution in [0.25, 0.3) is 22.0 Å². The van der Waals surface area contributed by atoms with E-state index in [4.69, 9.17) is 22.4 Å². The number of hydrogen-bond donors (Lipinski definition) is 2. The molecule has 0 aliphatic carbocycles. The van der Waals surface area contributed by atoms with E-state index >= 15 is 0 Å². The Kier molecular flexibility index (Phi) is 6.05. The van der Waals surface area contributed by atoms with Crippen molar-refractivity contribution in [2.45, 2.75) is 11.8 Å². The molecule has 0 amide bonds. The third kappa shape index (κ3) is 4.40. The van der Waals surface area contributed by atoms with Crippen LogP contribution in [-0.4, -0.2) is 37.1 Å². The first-order valence-corrected chi connectivity index (χ1v) is 12.4. The van der Waals surface area contributed by atoms with Crippen molar-refractivity contribution in [2.24, 2.45) is 0 Å². The topological polar surface area (TPSA) is 103 Å². The molecule has 0 radical (unpaired) electrons. The summed E-state index contributed by atoms with van der Waals surface area (Å²) in [4.78, 5) is 6.76. The van der Waals surface area contributed by atoms with Crippen molar-refractivity contribution in [3.05, 3.63) is 77.4 Å². The van der Waals surface area contributed by atoms with Crippen molar-refractivity contribution >= 4 is 50.2 Å². The van der Waals surface area contributed by atoms with E-state index in [1.54, 1.807) is 36.4 Å². The Hall–Kier alpha value is -3.49. The molecule has 4 rings (SSSR count). The summed E-state index contributed by atoms with van der Waals surface area (Å²) in [7, 11) is -3.26. The fourth-order valence-electron chi connectivity index (χ4n) is 3.76. The lowest BCUT2D eigenvalue weighted by Crippen LogP contribution is -2.28. The number of sulfone groups is 1. The number of fused-ring (bicyclic) bond motifs is 1. The van der Waals surface area contributed by atoms with Crippen molar-refractivity contribution in [2.75, 3.05) is 17.7 Å². The zero-order chi connectivity index (χ0) is 23.8. The first kappa shape index (κ1) is 22.7. The summed E-state index contributed by atoms with van der Waals surface area (Å²) in [6, 6.07) is 20.0. The maximum Gasteiger partial charge on any atom is 0.229 e. The molecule has 0 aliphatic rings. The number of benzene rings is 3. The van der Waals surface area contributed by atoms with E-state index < -0.39 is 9.84 Å². The molecule has 0 unspecified atom stereocenters. The summed E-state index contributed by atoms with van der Waals surface area (Å²) in [6.45, 7) is 2.59. The second-order valence-electron chi connectivity index (χ2n) is 7.51. The van der Waals surface area contributed by atoms with Gasteiger partial charge in [0, 0.05) is 28.9 Å². The predicted molar refractivity (Wildman–Crippen MR) is 132 cm³/mol. The molecule has 1 heterocycles. The number of hydrogen-bond acceptors (Lipinski definition) is 6. The highest BCUT2D eigenvalue weighted by atomic mass is 35.5. The molecule has 0 bridgehead atoms. The number of halogens is 1. The van der Waals surface area contributed by atoms with Gasteiger partial charge in [0.1, 0.15) is 5.82 Å². The molecular weight excluding hydrogens is 458 g/mol. The molecule has 33 heavy (non-hydrogen) atoms. The van der Waals surface area contributed by atoms with E-state index in [1.807, 2.05) is 42.2 Å². The number of anilines is 2. The first-order valence-electron chi connectivity index (χ1n) is 10.2. The highest BCUT2D eigenvalue weighted by Gasteiger charge is 2.16. The largest absolute Gasteiger partial charge is 0.326 e. The molecule has 7 nitrogen and oxygen atoms in total. The molecule has 9 heteroatoms. The minimum atomic E-state index is -3.26. The van der Waals surface area contributed by atoms with Gasteiger partial charge in [-0.2, -0.15) is 4.98 Å².